The van der Waals surface area contributed by atoms with Gasteiger partial charge in [0.25, 0.3) is 0 Å². The Balaban J connectivity index is 3.09. The molecule has 1 aromatic rings. The zero-order chi connectivity index (χ0) is 15.9. The van der Waals surface area contributed by atoms with Gasteiger partial charge in [0.15, 0.2) is 0 Å². The molecule has 0 fully saturated rings. The fourth-order valence-corrected chi connectivity index (χ4v) is 3.03. The van der Waals surface area contributed by atoms with E-state index in [-0.39, 0.29) is 4.90 Å². The summed E-state index contributed by atoms with van der Waals surface area (Å²) in [6.45, 7) is 0.329. The van der Waals surface area contributed by atoms with Crippen LogP contribution < -0.4 is 9.46 Å². The first-order valence-electron chi connectivity index (χ1n) is 5.98. The molecule has 0 bridgehead atoms. The molecule has 0 aliphatic heterocycles. The van der Waals surface area contributed by atoms with Crippen LogP contribution in [0.1, 0.15) is 5.56 Å². The predicted molar refractivity (Wildman–Crippen MR) is 83.2 cm³/mol. The predicted octanol–water partition coefficient (Wildman–Crippen LogP) is 1.43. The number of hydrogen-bond acceptors (Lipinski definition) is 5. The number of methoxy groups -OCH3 is 1. The molecule has 2 N–H and O–H groups in total. The highest BCUT2D eigenvalue weighted by atomic mass is 32.2. The molecule has 0 aromatic heterocycles. The Morgan fingerprint density at radius 1 is 1.48 bits per heavy atom. The molecule has 0 aliphatic carbocycles. The SMILES string of the molecule is COc1ccc(S(=O)(=O)NCCSC)cc1C=CC(=O)O. The van der Waals surface area contributed by atoms with Crippen molar-refractivity contribution >= 4 is 33.8 Å². The maximum atomic E-state index is 12.1. The lowest BCUT2D eigenvalue weighted by molar-refractivity contribution is -0.131. The van der Waals surface area contributed by atoms with Gasteiger partial charge < -0.3 is 9.84 Å². The van der Waals surface area contributed by atoms with Crippen LogP contribution >= 0.6 is 11.8 Å². The lowest BCUT2D eigenvalue weighted by Crippen LogP contribution is -2.26. The van der Waals surface area contributed by atoms with Crippen LogP contribution in [0, 0.1) is 0 Å². The highest BCUT2D eigenvalue weighted by Gasteiger charge is 2.15. The van der Waals surface area contributed by atoms with Crippen LogP contribution in [0.25, 0.3) is 6.08 Å². The minimum Gasteiger partial charge on any atom is -0.496 e. The van der Waals surface area contributed by atoms with Crippen LogP contribution in [-0.4, -0.2) is 45.2 Å². The third kappa shape index (κ3) is 5.41. The standard InChI is InChI=1S/C13H17NO5S2/c1-19-12-5-4-11(9-10(12)3-6-13(15)16)21(17,18)14-7-8-20-2/h3-6,9,14H,7-8H2,1-2H3,(H,15,16). The van der Waals surface area contributed by atoms with Gasteiger partial charge in [0, 0.05) is 23.9 Å². The Kier molecular flexibility index (Phi) is 6.73. The molecule has 8 heteroatoms. The Labute approximate surface area is 128 Å². The van der Waals surface area contributed by atoms with Crippen LogP contribution in [0.5, 0.6) is 5.75 Å². The van der Waals surface area contributed by atoms with E-state index in [0.717, 1.165) is 6.08 Å². The van der Waals surface area contributed by atoms with E-state index in [0.29, 0.717) is 23.6 Å². The molecule has 0 unspecified atom stereocenters. The zero-order valence-corrected chi connectivity index (χ0v) is 13.3. The maximum absolute atomic E-state index is 12.1. The van der Waals surface area contributed by atoms with Gasteiger partial charge in [-0.2, -0.15) is 11.8 Å². The number of sulfonamides is 1. The summed E-state index contributed by atoms with van der Waals surface area (Å²) in [5.74, 6) is -0.0554. The number of carbonyl (C=O) groups is 1. The molecule has 21 heavy (non-hydrogen) atoms. The summed E-state index contributed by atoms with van der Waals surface area (Å²) >= 11 is 1.53. The third-order valence-corrected chi connectivity index (χ3v) is 4.59. The second kappa shape index (κ2) is 8.06. The van der Waals surface area contributed by atoms with Gasteiger partial charge in [0.1, 0.15) is 5.75 Å². The molecule has 0 radical (unpaired) electrons. The lowest BCUT2D eigenvalue weighted by Gasteiger charge is -2.09. The smallest absolute Gasteiger partial charge is 0.328 e. The normalized spacial score (nSPS) is 11.7. The summed E-state index contributed by atoms with van der Waals surface area (Å²) in [6, 6.07) is 4.28. The van der Waals surface area contributed by atoms with E-state index in [1.54, 1.807) is 0 Å². The number of benzene rings is 1. The zero-order valence-electron chi connectivity index (χ0n) is 11.7. The number of carboxylic acid groups (broad SMARTS) is 1. The van der Waals surface area contributed by atoms with Crippen LogP contribution in [-0.2, 0) is 14.8 Å². The molecule has 0 saturated carbocycles. The second-order valence-corrected chi connectivity index (χ2v) is 6.72. The molecule has 6 nitrogen and oxygen atoms in total. The molecule has 116 valence electrons. The lowest BCUT2D eigenvalue weighted by atomic mass is 10.2. The highest BCUT2D eigenvalue weighted by molar-refractivity contribution is 7.98. The van der Waals surface area contributed by atoms with Crippen molar-refractivity contribution in [3.8, 4) is 5.75 Å². The van der Waals surface area contributed by atoms with Gasteiger partial charge in [-0.15, -0.1) is 0 Å². The molecule has 0 heterocycles. The highest BCUT2D eigenvalue weighted by Crippen LogP contribution is 2.23. The van der Waals surface area contributed by atoms with Gasteiger partial charge >= 0.3 is 5.97 Å². The second-order valence-electron chi connectivity index (χ2n) is 3.97. The average molecular weight is 331 g/mol. The number of rotatable bonds is 8. The summed E-state index contributed by atoms with van der Waals surface area (Å²) < 4.78 is 31.7. The van der Waals surface area contributed by atoms with Crippen LogP contribution in [0.4, 0.5) is 0 Å². The summed E-state index contributed by atoms with van der Waals surface area (Å²) in [7, 11) is -2.19. The minimum atomic E-state index is -3.62. The first kappa shape index (κ1) is 17.5. The van der Waals surface area contributed by atoms with Crippen LogP contribution in [0.3, 0.4) is 0 Å². The molecule has 1 aromatic carbocycles. The van der Waals surface area contributed by atoms with Crippen molar-refractivity contribution in [1.82, 2.24) is 4.72 Å². The largest absolute Gasteiger partial charge is 0.496 e. The van der Waals surface area contributed by atoms with Crippen molar-refractivity contribution in [3.63, 3.8) is 0 Å². The van der Waals surface area contributed by atoms with Crippen LogP contribution in [0.15, 0.2) is 29.2 Å². The number of nitrogens with one attached hydrogen (secondary N) is 1. The molecule has 0 atom stereocenters. The number of thioether (sulfide) groups is 1. The molecule has 0 amide bonds. The van der Waals surface area contributed by atoms with Crippen LogP contribution in [0.2, 0.25) is 0 Å². The van der Waals surface area contributed by atoms with Gasteiger partial charge in [-0.05, 0) is 30.5 Å². The van der Waals surface area contributed by atoms with Gasteiger partial charge in [0.05, 0.1) is 12.0 Å². The van der Waals surface area contributed by atoms with E-state index in [9.17, 15) is 13.2 Å². The summed E-state index contributed by atoms with van der Waals surface area (Å²) in [5.41, 5.74) is 0.382. The van der Waals surface area contributed by atoms with Gasteiger partial charge in [-0.3, -0.25) is 0 Å². The van der Waals surface area contributed by atoms with E-state index in [1.165, 1.54) is 43.1 Å². The topological polar surface area (TPSA) is 92.7 Å². The van der Waals surface area contributed by atoms with Crippen molar-refractivity contribution in [3.05, 3.63) is 29.8 Å². The summed E-state index contributed by atoms with van der Waals surface area (Å²) in [6.07, 6.45) is 4.11. The molecule has 0 spiro atoms. The fraction of sp³-hybridized carbons (Fsp3) is 0.308. The molecule has 0 saturated heterocycles. The molecular formula is C13H17NO5S2. The fourth-order valence-electron chi connectivity index (χ4n) is 1.53. The molecular weight excluding hydrogens is 314 g/mol. The maximum Gasteiger partial charge on any atom is 0.328 e. The van der Waals surface area contributed by atoms with E-state index < -0.39 is 16.0 Å². The first-order valence-corrected chi connectivity index (χ1v) is 8.86. The van der Waals surface area contributed by atoms with Gasteiger partial charge in [-0.1, -0.05) is 0 Å². The molecule has 0 aliphatic rings. The first-order chi connectivity index (χ1) is 9.90. The molecule has 1 rings (SSSR count). The number of carboxylic acids is 1. The Bertz CT molecular complexity index is 625. The van der Waals surface area contributed by atoms with E-state index in [4.69, 9.17) is 9.84 Å². The monoisotopic (exact) mass is 331 g/mol. The average Bonchev–Trinajstić information content (AvgIpc) is 2.44. The summed E-state index contributed by atoms with van der Waals surface area (Å²) in [4.78, 5) is 10.6. The van der Waals surface area contributed by atoms with Crippen molar-refractivity contribution in [2.45, 2.75) is 4.90 Å². The number of ether oxygens (including phenoxy) is 1. The van der Waals surface area contributed by atoms with Crippen molar-refractivity contribution in [2.24, 2.45) is 0 Å². The van der Waals surface area contributed by atoms with Crippen molar-refractivity contribution < 1.29 is 23.1 Å². The van der Waals surface area contributed by atoms with E-state index in [1.807, 2.05) is 6.26 Å². The Morgan fingerprint density at radius 3 is 2.76 bits per heavy atom. The van der Waals surface area contributed by atoms with E-state index >= 15 is 0 Å². The number of aliphatic carboxylic acids is 1. The van der Waals surface area contributed by atoms with Crippen molar-refractivity contribution in [2.75, 3.05) is 25.7 Å². The van der Waals surface area contributed by atoms with E-state index in [2.05, 4.69) is 4.72 Å². The van der Waals surface area contributed by atoms with Crippen molar-refractivity contribution in [1.29, 1.82) is 0 Å². The minimum absolute atomic E-state index is 0.0643. The number of hydrogen-bond donors (Lipinski definition) is 2. The quantitative estimate of drug-likeness (QED) is 0.553. The Morgan fingerprint density at radius 2 is 2.19 bits per heavy atom. The summed E-state index contributed by atoms with van der Waals surface area (Å²) in [5, 5.41) is 8.65. The third-order valence-electron chi connectivity index (χ3n) is 2.52. The van der Waals surface area contributed by atoms with Gasteiger partial charge in [0.2, 0.25) is 10.0 Å². The Hall–Kier alpha value is -1.51. The van der Waals surface area contributed by atoms with Gasteiger partial charge in [-0.25, -0.2) is 17.9 Å².